The van der Waals surface area contributed by atoms with Crippen molar-refractivity contribution >= 4 is 43.6 Å². The predicted octanol–water partition coefficient (Wildman–Crippen LogP) is 17.9. The number of thioether (sulfide) groups is 1. The minimum absolute atomic E-state index is 0.753. The summed E-state index contributed by atoms with van der Waals surface area (Å²) < 4.78 is 2.39. The first-order chi connectivity index (χ1) is 25.0. The van der Waals surface area contributed by atoms with Crippen molar-refractivity contribution in [3.05, 3.63) is 68.6 Å². The molecule has 2 aromatic carbocycles. The summed E-state index contributed by atoms with van der Waals surface area (Å²) >= 11 is 9.89. The van der Waals surface area contributed by atoms with E-state index in [1.807, 2.05) is 0 Å². The summed E-state index contributed by atoms with van der Waals surface area (Å²) in [5.41, 5.74) is 3.03. The van der Waals surface area contributed by atoms with Crippen molar-refractivity contribution in [1.82, 2.24) is 0 Å². The van der Waals surface area contributed by atoms with Gasteiger partial charge in [-0.3, -0.25) is 0 Å². The number of hydrogen-bond acceptors (Lipinski definition) is 1. The van der Waals surface area contributed by atoms with Crippen molar-refractivity contribution in [2.24, 2.45) is 11.8 Å². The lowest BCUT2D eigenvalue weighted by atomic mass is 9.88. The number of aryl methyl sites for hydroxylation is 2. The quantitative estimate of drug-likeness (QED) is 0.0632. The molecule has 292 valence electrons. The fraction of sp³-hybridized carbons (Fsp3) is 0.750. The van der Waals surface area contributed by atoms with Gasteiger partial charge in [0.1, 0.15) is 0 Å². The zero-order valence-corrected chi connectivity index (χ0v) is 37.9. The average molecular weight is 849 g/mol. The Balaban J connectivity index is 2.37. The van der Waals surface area contributed by atoms with Crippen LogP contribution in [0.25, 0.3) is 0 Å². The van der Waals surface area contributed by atoms with Crippen molar-refractivity contribution in [2.45, 2.75) is 218 Å². The second-order valence-electron chi connectivity index (χ2n) is 15.9. The summed E-state index contributed by atoms with van der Waals surface area (Å²) in [7, 11) is 0. The van der Waals surface area contributed by atoms with Gasteiger partial charge in [0.05, 0.1) is 0 Å². The topological polar surface area (TPSA) is 0 Å². The van der Waals surface area contributed by atoms with Gasteiger partial charge in [0, 0.05) is 19.4 Å². The van der Waals surface area contributed by atoms with E-state index in [0.29, 0.717) is 0 Å². The first kappa shape index (κ1) is 46.9. The predicted molar refractivity (Wildman–Crippen MR) is 241 cm³/mol. The number of halogens is 2. The number of benzene rings is 2. The number of hydrogen-bond donors (Lipinski definition) is 0. The maximum absolute atomic E-state index is 3.69. The van der Waals surface area contributed by atoms with E-state index >= 15 is 0 Å². The van der Waals surface area contributed by atoms with Gasteiger partial charge in [-0.25, -0.2) is 0 Å². The van der Waals surface area contributed by atoms with E-state index in [1.54, 1.807) is 0 Å². The number of rotatable bonds is 34. The molecule has 0 bridgehead atoms. The van der Waals surface area contributed by atoms with Crippen LogP contribution in [0.2, 0.25) is 0 Å². The van der Waals surface area contributed by atoms with Crippen LogP contribution in [0.1, 0.15) is 206 Å². The molecule has 0 aromatic heterocycles. The molecule has 0 saturated carbocycles. The van der Waals surface area contributed by atoms with E-state index in [-0.39, 0.29) is 0 Å². The van der Waals surface area contributed by atoms with E-state index < -0.39 is 0 Å². The van der Waals surface area contributed by atoms with Crippen molar-refractivity contribution in [2.75, 3.05) is 0 Å². The molecule has 2 rings (SSSR count). The van der Waals surface area contributed by atoms with Crippen LogP contribution >= 0.6 is 43.6 Å². The second kappa shape index (κ2) is 32.0. The lowest BCUT2D eigenvalue weighted by Crippen LogP contribution is -2.27. The summed E-state index contributed by atoms with van der Waals surface area (Å²) in [6.45, 7) is 9.42. The lowest BCUT2D eigenvalue weighted by molar-refractivity contribution is 0.367. The Morgan fingerprint density at radius 1 is 0.373 bits per heavy atom. The smallest absolute Gasteiger partial charge is 0.0175 e. The summed E-state index contributed by atoms with van der Waals surface area (Å²) in [5, 5.41) is 1.51. The largest absolute Gasteiger partial charge is 0.155 e. The van der Waals surface area contributed by atoms with Gasteiger partial charge >= 0.3 is 0 Å². The Labute approximate surface area is 339 Å². The van der Waals surface area contributed by atoms with Crippen LogP contribution in [0.4, 0.5) is 0 Å². The van der Waals surface area contributed by atoms with E-state index in [4.69, 9.17) is 0 Å². The van der Waals surface area contributed by atoms with Crippen molar-refractivity contribution in [1.29, 1.82) is 0 Å². The first-order valence-electron chi connectivity index (χ1n) is 22.1. The highest BCUT2D eigenvalue weighted by Crippen LogP contribution is 2.41. The molecule has 51 heavy (non-hydrogen) atoms. The molecule has 0 aliphatic carbocycles. The molecule has 0 fully saturated rings. The standard InChI is InChI=1S/C48H80Br2S/c1-5-9-13-17-19-23-27-43(25-21-15-11-7-3)47(39-33-41-29-35-45(49)36-30-41)51-48(40-34-42-31-37-46(50)38-32-42)44(26-22-16-12-8-4)28-24-20-18-14-10-6-2/h29-32,35-38,43-44,47-48H,5-28,33-34,39-40H2,1-4H3. The normalized spacial score (nSPS) is 14.1. The van der Waals surface area contributed by atoms with Crippen LogP contribution in [0.15, 0.2) is 57.5 Å². The highest BCUT2D eigenvalue weighted by Gasteiger charge is 2.29. The Kier molecular flexibility index (Phi) is 29.5. The minimum Gasteiger partial charge on any atom is -0.155 e. The van der Waals surface area contributed by atoms with Gasteiger partial charge in [0.2, 0.25) is 0 Å². The lowest BCUT2D eigenvalue weighted by Gasteiger charge is -2.35. The molecule has 0 heterocycles. The third-order valence-electron chi connectivity index (χ3n) is 11.4. The molecule has 0 nitrogen and oxygen atoms in total. The maximum atomic E-state index is 3.69. The van der Waals surface area contributed by atoms with Gasteiger partial charge < -0.3 is 0 Å². The first-order valence-corrected chi connectivity index (χ1v) is 24.7. The Hall–Kier alpha value is -0.250. The van der Waals surface area contributed by atoms with Crippen molar-refractivity contribution in [3.8, 4) is 0 Å². The molecular weight excluding hydrogens is 768 g/mol. The summed E-state index contributed by atoms with van der Waals surface area (Å²) in [6, 6.07) is 18.5. The third kappa shape index (κ3) is 23.3. The Morgan fingerprint density at radius 2 is 0.647 bits per heavy atom. The monoisotopic (exact) mass is 846 g/mol. The van der Waals surface area contributed by atoms with Crippen molar-refractivity contribution < 1.29 is 0 Å². The van der Waals surface area contributed by atoms with Crippen molar-refractivity contribution in [3.63, 3.8) is 0 Å². The molecule has 0 N–H and O–H groups in total. The van der Waals surface area contributed by atoms with Gasteiger partial charge in [-0.15, -0.1) is 0 Å². The fourth-order valence-electron chi connectivity index (χ4n) is 8.05. The fourth-order valence-corrected chi connectivity index (χ4v) is 10.5. The van der Waals surface area contributed by atoms with E-state index in [1.165, 1.54) is 200 Å². The Morgan fingerprint density at radius 3 is 0.961 bits per heavy atom. The molecule has 0 amide bonds. The number of unbranched alkanes of at least 4 members (excludes halogenated alkanes) is 16. The van der Waals surface area contributed by atoms with Crippen LogP contribution in [-0.4, -0.2) is 10.5 Å². The maximum Gasteiger partial charge on any atom is 0.0175 e. The average Bonchev–Trinajstić information content (AvgIpc) is 3.14. The highest BCUT2D eigenvalue weighted by molar-refractivity contribution is 9.10. The zero-order chi connectivity index (χ0) is 36.8. The molecule has 0 saturated heterocycles. The highest BCUT2D eigenvalue weighted by atomic mass is 79.9. The third-order valence-corrected chi connectivity index (χ3v) is 14.4. The molecule has 4 atom stereocenters. The van der Waals surface area contributed by atoms with Gasteiger partial charge in [0.25, 0.3) is 0 Å². The van der Waals surface area contributed by atoms with Gasteiger partial charge in [0.15, 0.2) is 0 Å². The molecule has 3 heteroatoms. The minimum atomic E-state index is 0.753. The van der Waals surface area contributed by atoms with E-state index in [9.17, 15) is 0 Å². The molecule has 0 spiro atoms. The van der Waals surface area contributed by atoms with E-state index in [2.05, 4.69) is 120 Å². The van der Waals surface area contributed by atoms with Crippen LogP contribution in [0.3, 0.4) is 0 Å². The van der Waals surface area contributed by atoms with Crippen LogP contribution < -0.4 is 0 Å². The molecule has 4 unspecified atom stereocenters. The molecule has 0 aliphatic rings. The van der Waals surface area contributed by atoms with Gasteiger partial charge in [-0.2, -0.15) is 11.8 Å². The van der Waals surface area contributed by atoms with Gasteiger partial charge in [-0.05, 0) is 98.6 Å². The summed E-state index contributed by atoms with van der Waals surface area (Å²) in [5.74, 6) is 1.69. The molecule has 2 aromatic rings. The van der Waals surface area contributed by atoms with Gasteiger partial charge in [-0.1, -0.05) is 212 Å². The molecule has 0 radical (unpaired) electrons. The molecule has 0 aliphatic heterocycles. The van der Waals surface area contributed by atoms with Crippen LogP contribution in [-0.2, 0) is 12.8 Å². The summed E-state index contributed by atoms with van der Waals surface area (Å²) in [6.07, 6.45) is 38.9. The van der Waals surface area contributed by atoms with Crippen LogP contribution in [0, 0.1) is 11.8 Å². The SMILES string of the molecule is CCCCCCCCC(CCCCCC)C(CCc1ccc(Br)cc1)SC(CCc1ccc(Br)cc1)C(CCCCCC)CCCCCCCC. The zero-order valence-electron chi connectivity index (χ0n) is 33.9. The van der Waals surface area contributed by atoms with E-state index in [0.717, 1.165) is 22.3 Å². The Bertz CT molecular complexity index is 951. The summed E-state index contributed by atoms with van der Waals surface area (Å²) in [4.78, 5) is 0. The molecular formula is C48H80Br2S. The second-order valence-corrected chi connectivity index (χ2v) is 19.2. The van der Waals surface area contributed by atoms with Crippen LogP contribution in [0.5, 0.6) is 0 Å².